The molecule has 5 nitrogen and oxygen atoms in total. The van der Waals surface area contributed by atoms with Gasteiger partial charge >= 0.3 is 12.1 Å². The number of rotatable bonds is 6. The van der Waals surface area contributed by atoms with Crippen molar-refractivity contribution < 1.29 is 19.4 Å². The lowest BCUT2D eigenvalue weighted by molar-refractivity contribution is -0.138. The van der Waals surface area contributed by atoms with Crippen LogP contribution in [0.5, 0.6) is 0 Å². The molecule has 0 bridgehead atoms. The number of thioether (sulfide) groups is 2. The summed E-state index contributed by atoms with van der Waals surface area (Å²) in [6.45, 7) is 2.20. The summed E-state index contributed by atoms with van der Waals surface area (Å²) < 4.78 is 5.09. The van der Waals surface area contributed by atoms with E-state index in [1.165, 1.54) is 4.90 Å². The molecule has 0 radical (unpaired) electrons. The number of carboxylic acids is 1. The lowest BCUT2D eigenvalue weighted by Gasteiger charge is -2.29. The Bertz CT molecular complexity index is 518. The van der Waals surface area contributed by atoms with Crippen LogP contribution in [0.1, 0.15) is 12.5 Å². The molecule has 0 aromatic heterocycles. The fourth-order valence-electron chi connectivity index (χ4n) is 2.15. The Hall–Kier alpha value is -1.34. The minimum absolute atomic E-state index is 0.146. The predicted octanol–water partition coefficient (Wildman–Crippen LogP) is 2.91. The number of hydrogen-bond acceptors (Lipinski definition) is 5. The first-order valence-electron chi connectivity index (χ1n) is 6.94. The Kier molecular flexibility index (Phi) is 6.02. The highest BCUT2D eigenvalue weighted by Crippen LogP contribution is 2.43. The second kappa shape index (κ2) is 7.78. The summed E-state index contributed by atoms with van der Waals surface area (Å²) in [4.78, 5) is 24.5. The van der Waals surface area contributed by atoms with Crippen molar-refractivity contribution in [2.75, 3.05) is 24.6 Å². The Labute approximate surface area is 138 Å². The van der Waals surface area contributed by atoms with E-state index in [1.807, 2.05) is 37.3 Å². The molecule has 0 spiro atoms. The fraction of sp³-hybridized carbons (Fsp3) is 0.467. The molecule has 120 valence electrons. The van der Waals surface area contributed by atoms with Crippen LogP contribution in [0.4, 0.5) is 4.79 Å². The maximum Gasteiger partial charge on any atom is 0.410 e. The van der Waals surface area contributed by atoms with E-state index in [0.29, 0.717) is 6.54 Å². The summed E-state index contributed by atoms with van der Waals surface area (Å²) in [5, 5.41) is 9.01. The van der Waals surface area contributed by atoms with Crippen molar-refractivity contribution in [2.45, 2.75) is 17.6 Å². The van der Waals surface area contributed by atoms with Gasteiger partial charge in [-0.25, -0.2) is 4.79 Å². The smallest absolute Gasteiger partial charge is 0.410 e. The second-order valence-electron chi connectivity index (χ2n) is 5.12. The largest absolute Gasteiger partial charge is 0.480 e. The first kappa shape index (κ1) is 17.0. The van der Waals surface area contributed by atoms with Crippen LogP contribution in [0, 0.1) is 0 Å². The molecule has 0 saturated carbocycles. The normalized spacial score (nSPS) is 16.2. The van der Waals surface area contributed by atoms with Crippen molar-refractivity contribution in [3.8, 4) is 0 Å². The van der Waals surface area contributed by atoms with Crippen molar-refractivity contribution in [1.82, 2.24) is 4.90 Å². The Morgan fingerprint density at radius 2 is 1.91 bits per heavy atom. The van der Waals surface area contributed by atoms with E-state index in [1.54, 1.807) is 23.5 Å². The van der Waals surface area contributed by atoms with Gasteiger partial charge in [-0.3, -0.25) is 9.69 Å². The number of carboxylic acid groups (broad SMARTS) is 1. The molecule has 1 amide bonds. The van der Waals surface area contributed by atoms with E-state index in [-0.39, 0.29) is 17.2 Å². The maximum atomic E-state index is 12.2. The topological polar surface area (TPSA) is 66.8 Å². The maximum absolute atomic E-state index is 12.2. The van der Waals surface area contributed by atoms with Crippen molar-refractivity contribution in [2.24, 2.45) is 0 Å². The van der Waals surface area contributed by atoms with Crippen LogP contribution in [-0.2, 0) is 16.1 Å². The Balaban J connectivity index is 1.95. The molecule has 22 heavy (non-hydrogen) atoms. The molecule has 0 unspecified atom stereocenters. The van der Waals surface area contributed by atoms with Gasteiger partial charge in [0.25, 0.3) is 0 Å². The average molecular weight is 341 g/mol. The number of carbonyl (C=O) groups excluding carboxylic acids is 1. The molecule has 1 saturated heterocycles. The molecular weight excluding hydrogens is 322 g/mol. The number of benzene rings is 1. The molecule has 1 aliphatic rings. The van der Waals surface area contributed by atoms with E-state index in [9.17, 15) is 9.59 Å². The van der Waals surface area contributed by atoms with Gasteiger partial charge in [0, 0.05) is 18.1 Å². The number of hydrogen-bond donors (Lipinski definition) is 1. The van der Waals surface area contributed by atoms with Gasteiger partial charge in [-0.1, -0.05) is 30.3 Å². The van der Waals surface area contributed by atoms with E-state index in [4.69, 9.17) is 9.84 Å². The molecule has 7 heteroatoms. The van der Waals surface area contributed by atoms with Crippen LogP contribution >= 0.6 is 23.5 Å². The third-order valence-corrected chi connectivity index (χ3v) is 6.43. The lowest BCUT2D eigenvalue weighted by atomic mass is 10.2. The highest BCUT2D eigenvalue weighted by molar-refractivity contribution is 8.21. The zero-order valence-corrected chi connectivity index (χ0v) is 14.0. The molecular formula is C15H19NO4S2. The summed E-state index contributed by atoms with van der Waals surface area (Å²) in [5.74, 6) is 0.996. The number of carbonyl (C=O) groups is 2. The molecule has 1 aromatic rings. The minimum Gasteiger partial charge on any atom is -0.480 e. The fourth-order valence-corrected chi connectivity index (χ4v) is 5.01. The van der Waals surface area contributed by atoms with E-state index >= 15 is 0 Å². The van der Waals surface area contributed by atoms with Crippen LogP contribution in [0.25, 0.3) is 0 Å². The quantitative estimate of drug-likeness (QED) is 0.858. The SMILES string of the molecule is CC1(CN(CC(=O)O)C(=O)OCc2ccccc2)SCCS1. The van der Waals surface area contributed by atoms with Gasteiger partial charge in [0.15, 0.2) is 0 Å². The van der Waals surface area contributed by atoms with Gasteiger partial charge in [0.05, 0.1) is 4.08 Å². The Morgan fingerprint density at radius 3 is 2.50 bits per heavy atom. The highest BCUT2D eigenvalue weighted by Gasteiger charge is 2.35. The second-order valence-corrected chi connectivity index (χ2v) is 8.58. The van der Waals surface area contributed by atoms with Gasteiger partial charge in [0.2, 0.25) is 0 Å². The van der Waals surface area contributed by atoms with Crippen LogP contribution in [0.15, 0.2) is 30.3 Å². The zero-order chi connectivity index (χ0) is 16.0. The summed E-state index contributed by atoms with van der Waals surface area (Å²) in [6, 6.07) is 9.34. The van der Waals surface area contributed by atoms with Crippen LogP contribution < -0.4 is 0 Å². The van der Waals surface area contributed by atoms with Gasteiger partial charge in [0.1, 0.15) is 13.2 Å². The highest BCUT2D eigenvalue weighted by atomic mass is 32.2. The van der Waals surface area contributed by atoms with Crippen LogP contribution in [-0.4, -0.2) is 50.7 Å². The molecule has 0 aliphatic carbocycles. The summed E-state index contributed by atoms with van der Waals surface area (Å²) in [6.07, 6.45) is -0.583. The number of amides is 1. The summed E-state index contributed by atoms with van der Waals surface area (Å²) in [5.41, 5.74) is 0.877. The number of ether oxygens (including phenoxy) is 1. The van der Waals surface area contributed by atoms with Crippen molar-refractivity contribution in [3.63, 3.8) is 0 Å². The van der Waals surface area contributed by atoms with Gasteiger partial charge in [-0.15, -0.1) is 23.5 Å². The molecule has 1 heterocycles. The standard InChI is InChI=1S/C15H19NO4S2/c1-15(21-7-8-22-15)11-16(9-13(17)18)14(19)20-10-12-5-3-2-4-6-12/h2-6H,7-11H2,1H3,(H,17,18). The lowest BCUT2D eigenvalue weighted by Crippen LogP contribution is -2.43. The molecule has 1 N–H and O–H groups in total. The molecule has 1 aliphatic heterocycles. The zero-order valence-electron chi connectivity index (χ0n) is 12.4. The Morgan fingerprint density at radius 1 is 1.27 bits per heavy atom. The van der Waals surface area contributed by atoms with Gasteiger partial charge in [-0.2, -0.15) is 0 Å². The summed E-state index contributed by atoms with van der Waals surface area (Å²) >= 11 is 3.51. The van der Waals surface area contributed by atoms with Crippen molar-refractivity contribution in [3.05, 3.63) is 35.9 Å². The minimum atomic E-state index is -1.03. The molecule has 0 atom stereocenters. The van der Waals surface area contributed by atoms with Crippen LogP contribution in [0.3, 0.4) is 0 Å². The number of aliphatic carboxylic acids is 1. The molecule has 1 aromatic carbocycles. The van der Waals surface area contributed by atoms with Crippen LogP contribution in [0.2, 0.25) is 0 Å². The van der Waals surface area contributed by atoms with E-state index < -0.39 is 12.1 Å². The predicted molar refractivity (Wildman–Crippen MR) is 89.2 cm³/mol. The number of nitrogens with zero attached hydrogens (tertiary/aromatic N) is 1. The third kappa shape index (κ3) is 5.14. The van der Waals surface area contributed by atoms with Crippen molar-refractivity contribution >= 4 is 35.6 Å². The molecule has 2 rings (SSSR count). The monoisotopic (exact) mass is 341 g/mol. The average Bonchev–Trinajstić information content (AvgIpc) is 2.91. The van der Waals surface area contributed by atoms with E-state index in [0.717, 1.165) is 17.1 Å². The van der Waals surface area contributed by atoms with Gasteiger partial charge in [-0.05, 0) is 12.5 Å². The van der Waals surface area contributed by atoms with Crippen molar-refractivity contribution in [1.29, 1.82) is 0 Å². The van der Waals surface area contributed by atoms with E-state index in [2.05, 4.69) is 0 Å². The first-order valence-corrected chi connectivity index (χ1v) is 8.91. The van der Waals surface area contributed by atoms with Gasteiger partial charge < -0.3 is 9.84 Å². The first-order chi connectivity index (χ1) is 10.5. The summed E-state index contributed by atoms with van der Waals surface area (Å²) in [7, 11) is 0. The molecule has 1 fully saturated rings. The third-order valence-electron chi connectivity index (χ3n) is 3.17.